The van der Waals surface area contributed by atoms with E-state index in [1.807, 2.05) is 54.6 Å². The number of carbonyl (C=O) groups excluding carboxylic acids is 2. The first-order valence-corrected chi connectivity index (χ1v) is 16.1. The van der Waals surface area contributed by atoms with E-state index in [1.165, 1.54) is 5.56 Å². The number of hydrogen-bond acceptors (Lipinski definition) is 7. The summed E-state index contributed by atoms with van der Waals surface area (Å²) in [6, 6.07) is 33.0. The Labute approximate surface area is 276 Å². The lowest BCUT2D eigenvalue weighted by Crippen LogP contribution is -2.38. The van der Waals surface area contributed by atoms with E-state index in [2.05, 4.69) is 53.8 Å². The van der Waals surface area contributed by atoms with Crippen molar-refractivity contribution in [3.63, 3.8) is 0 Å². The van der Waals surface area contributed by atoms with Crippen LogP contribution in [-0.4, -0.2) is 41.5 Å². The molecular weight excluding hydrogens is 592 g/mol. The highest BCUT2D eigenvalue weighted by Crippen LogP contribution is 2.39. The third kappa shape index (κ3) is 9.49. The molecule has 1 fully saturated rings. The second kappa shape index (κ2) is 16.3. The largest absolute Gasteiger partial charge is 0.397 e. The summed E-state index contributed by atoms with van der Waals surface area (Å²) in [4.78, 5) is 27.2. The van der Waals surface area contributed by atoms with E-state index in [4.69, 9.17) is 15.2 Å². The van der Waals surface area contributed by atoms with Crippen molar-refractivity contribution in [1.29, 1.82) is 0 Å². The van der Waals surface area contributed by atoms with Gasteiger partial charge in [-0.2, -0.15) is 0 Å². The minimum atomic E-state index is -0.599. The predicted molar refractivity (Wildman–Crippen MR) is 184 cm³/mol. The van der Waals surface area contributed by atoms with Gasteiger partial charge >= 0.3 is 0 Å². The first-order chi connectivity index (χ1) is 22.8. The van der Waals surface area contributed by atoms with Crippen LogP contribution in [0.1, 0.15) is 73.3 Å². The number of benzene rings is 4. The molecule has 0 bridgehead atoms. The smallest absolute Gasteiger partial charge is 0.224 e. The molecule has 4 aromatic carbocycles. The maximum Gasteiger partial charge on any atom is 0.224 e. The normalized spacial score (nSPS) is 18.4. The van der Waals surface area contributed by atoms with E-state index in [1.54, 1.807) is 24.3 Å². The number of nitrogen functional groups attached to an aromatic ring is 1. The SMILES string of the molecule is C[C@@H](c1ccccc1)N(C)C[C@H]1C[C@@H](c2ccc(CO)cc2)O[C@@H](c2ccc(NC(=O)CCCC(=O)Nc3ccccc3N)cc2)O1. The van der Waals surface area contributed by atoms with Gasteiger partial charge < -0.3 is 30.9 Å². The third-order valence-corrected chi connectivity index (χ3v) is 8.56. The second-order valence-electron chi connectivity index (χ2n) is 12.0. The lowest BCUT2D eigenvalue weighted by Gasteiger charge is -2.39. The lowest BCUT2D eigenvalue weighted by molar-refractivity contribution is -0.253. The lowest BCUT2D eigenvalue weighted by atomic mass is 9.99. The number of rotatable bonds is 13. The number of amides is 2. The Bertz CT molecular complexity index is 1600. The van der Waals surface area contributed by atoms with Gasteiger partial charge in [-0.3, -0.25) is 14.5 Å². The number of carbonyl (C=O) groups is 2. The van der Waals surface area contributed by atoms with E-state index in [0.717, 1.165) is 16.7 Å². The zero-order valence-electron chi connectivity index (χ0n) is 27.0. The van der Waals surface area contributed by atoms with E-state index in [-0.39, 0.29) is 49.5 Å². The Morgan fingerprint density at radius 1 is 0.851 bits per heavy atom. The number of aliphatic hydroxyl groups is 1. The number of aliphatic hydroxyl groups excluding tert-OH is 1. The van der Waals surface area contributed by atoms with Crippen molar-refractivity contribution >= 4 is 28.9 Å². The molecule has 4 atom stereocenters. The number of ether oxygens (including phenoxy) is 2. The summed E-state index contributed by atoms with van der Waals surface area (Å²) < 4.78 is 13.0. The van der Waals surface area contributed by atoms with Crippen LogP contribution in [0.15, 0.2) is 103 Å². The number of nitrogens with one attached hydrogen (secondary N) is 2. The first-order valence-electron chi connectivity index (χ1n) is 16.1. The third-order valence-electron chi connectivity index (χ3n) is 8.56. The molecule has 1 aliphatic heterocycles. The predicted octanol–water partition coefficient (Wildman–Crippen LogP) is 6.75. The van der Waals surface area contributed by atoms with Crippen LogP contribution in [0.3, 0.4) is 0 Å². The summed E-state index contributed by atoms with van der Waals surface area (Å²) in [7, 11) is 2.11. The number of nitrogens with zero attached hydrogens (tertiary/aromatic N) is 1. The van der Waals surface area contributed by atoms with Gasteiger partial charge in [-0.15, -0.1) is 0 Å². The molecule has 9 nitrogen and oxygen atoms in total. The number of hydrogen-bond donors (Lipinski definition) is 4. The summed E-state index contributed by atoms with van der Waals surface area (Å²) in [6.45, 7) is 2.90. The van der Waals surface area contributed by atoms with Gasteiger partial charge in [0.05, 0.1) is 30.2 Å². The van der Waals surface area contributed by atoms with Crippen LogP contribution < -0.4 is 16.4 Å². The molecule has 0 aromatic heterocycles. The molecule has 4 aromatic rings. The molecule has 1 aliphatic rings. The van der Waals surface area contributed by atoms with Gasteiger partial charge in [-0.1, -0.05) is 78.9 Å². The van der Waals surface area contributed by atoms with Crippen LogP contribution in [0, 0.1) is 0 Å². The van der Waals surface area contributed by atoms with E-state index >= 15 is 0 Å². The Morgan fingerprint density at radius 3 is 2.17 bits per heavy atom. The van der Waals surface area contributed by atoms with Crippen molar-refractivity contribution in [3.05, 3.63) is 125 Å². The Hall–Kier alpha value is -4.54. The van der Waals surface area contributed by atoms with Crippen LogP contribution in [-0.2, 0) is 25.7 Å². The van der Waals surface area contributed by atoms with Crippen LogP contribution >= 0.6 is 0 Å². The Kier molecular flexibility index (Phi) is 11.8. The Balaban J connectivity index is 1.19. The molecule has 0 spiro atoms. The number of anilines is 3. The molecule has 0 unspecified atom stereocenters. The highest BCUT2D eigenvalue weighted by atomic mass is 16.7. The average Bonchev–Trinajstić information content (AvgIpc) is 3.09. The molecule has 1 heterocycles. The molecule has 246 valence electrons. The second-order valence-corrected chi connectivity index (χ2v) is 12.0. The number of nitrogens with two attached hydrogens (primary N) is 1. The monoisotopic (exact) mass is 636 g/mol. The molecule has 5 N–H and O–H groups in total. The molecular formula is C38H44N4O5. The van der Waals surface area contributed by atoms with Gasteiger partial charge in [0, 0.05) is 43.1 Å². The van der Waals surface area contributed by atoms with Gasteiger partial charge in [0.2, 0.25) is 11.8 Å². The van der Waals surface area contributed by atoms with Gasteiger partial charge in [0.1, 0.15) is 0 Å². The van der Waals surface area contributed by atoms with Crippen molar-refractivity contribution in [3.8, 4) is 0 Å². The fourth-order valence-electron chi connectivity index (χ4n) is 5.68. The van der Waals surface area contributed by atoms with Crippen LogP contribution in [0.2, 0.25) is 0 Å². The number of likely N-dealkylation sites (N-methyl/N-ethyl adjacent to an activating group) is 1. The number of para-hydroxylation sites is 2. The van der Waals surface area contributed by atoms with E-state index < -0.39 is 6.29 Å². The summed E-state index contributed by atoms with van der Waals surface area (Å²) >= 11 is 0. The van der Waals surface area contributed by atoms with Crippen LogP contribution in [0.4, 0.5) is 17.1 Å². The standard InChI is InChI=1S/C38H44N4O5/c1-26(28-9-4-3-5-10-28)42(2)24-32-23-35(29-17-15-27(25-43)16-18-29)47-38(46-32)30-19-21-31(22-20-30)40-36(44)13-8-14-37(45)41-34-12-7-6-11-33(34)39/h3-7,9-12,15-22,26,32,35,38,43H,8,13-14,23-25,39H2,1-2H3,(H,40,44)(H,41,45)/t26-,32+,35-,38-/m0/s1. The molecule has 0 aliphatic carbocycles. The molecule has 5 rings (SSSR count). The van der Waals surface area contributed by atoms with Gasteiger partial charge in [-0.25, -0.2) is 0 Å². The summed E-state index contributed by atoms with van der Waals surface area (Å²) in [6.07, 6.45) is 0.628. The summed E-state index contributed by atoms with van der Waals surface area (Å²) in [5, 5.41) is 15.2. The fraction of sp³-hybridized carbons (Fsp3) is 0.316. The molecule has 0 saturated carbocycles. The zero-order valence-corrected chi connectivity index (χ0v) is 27.0. The quantitative estimate of drug-likeness (QED) is 0.120. The van der Waals surface area contributed by atoms with Crippen molar-refractivity contribution in [2.24, 2.45) is 0 Å². The van der Waals surface area contributed by atoms with Crippen LogP contribution in [0.5, 0.6) is 0 Å². The highest BCUT2D eigenvalue weighted by Gasteiger charge is 2.33. The van der Waals surface area contributed by atoms with Gasteiger partial charge in [0.25, 0.3) is 0 Å². The van der Waals surface area contributed by atoms with E-state index in [9.17, 15) is 14.7 Å². The van der Waals surface area contributed by atoms with Crippen molar-refractivity contribution < 1.29 is 24.2 Å². The summed E-state index contributed by atoms with van der Waals surface area (Å²) in [5.41, 5.74) is 11.6. The van der Waals surface area contributed by atoms with Crippen molar-refractivity contribution in [2.45, 2.75) is 63.8 Å². The molecule has 1 saturated heterocycles. The fourth-order valence-corrected chi connectivity index (χ4v) is 5.68. The first kappa shape index (κ1) is 33.8. The molecule has 2 amide bonds. The summed E-state index contributed by atoms with van der Waals surface area (Å²) in [5.74, 6) is -0.355. The Morgan fingerprint density at radius 2 is 1.49 bits per heavy atom. The molecule has 0 radical (unpaired) electrons. The maximum atomic E-state index is 12.6. The van der Waals surface area contributed by atoms with E-state index in [0.29, 0.717) is 36.4 Å². The maximum absolute atomic E-state index is 12.6. The molecule has 9 heteroatoms. The average molecular weight is 637 g/mol. The van der Waals surface area contributed by atoms with Gasteiger partial charge in [0.15, 0.2) is 6.29 Å². The van der Waals surface area contributed by atoms with Gasteiger partial charge in [-0.05, 0) is 61.3 Å². The van der Waals surface area contributed by atoms with Crippen molar-refractivity contribution in [2.75, 3.05) is 30.0 Å². The topological polar surface area (TPSA) is 126 Å². The minimum absolute atomic E-state index is 0.00956. The minimum Gasteiger partial charge on any atom is -0.397 e. The van der Waals surface area contributed by atoms with Crippen molar-refractivity contribution in [1.82, 2.24) is 4.90 Å². The highest BCUT2D eigenvalue weighted by molar-refractivity contribution is 5.94. The van der Waals surface area contributed by atoms with Crippen LogP contribution in [0.25, 0.3) is 0 Å². The zero-order chi connectivity index (χ0) is 33.2. The molecule has 47 heavy (non-hydrogen) atoms.